The Hall–Kier alpha value is -2.34. The van der Waals surface area contributed by atoms with Gasteiger partial charge in [-0.2, -0.15) is 0 Å². The molecule has 1 amide bonds. The van der Waals surface area contributed by atoms with Crippen LogP contribution in [0.2, 0.25) is 5.02 Å². The number of nitrogens with two attached hydrogens (primary N) is 1. The molecule has 0 aliphatic rings. The minimum atomic E-state index is -0.223. The zero-order valence-electron chi connectivity index (χ0n) is 11.0. The van der Waals surface area contributed by atoms with Gasteiger partial charge in [0, 0.05) is 26.2 Å². The topological polar surface area (TPSA) is 81.3 Å². The lowest BCUT2D eigenvalue weighted by Crippen LogP contribution is -2.23. The highest BCUT2D eigenvalue weighted by Crippen LogP contribution is 2.26. The number of anilines is 1. The number of hydrogen-bond acceptors (Lipinski definition) is 5. The molecule has 7 heteroatoms. The number of halogens is 1. The molecule has 0 saturated heterocycles. The fourth-order valence-electron chi connectivity index (χ4n) is 1.41. The highest BCUT2D eigenvalue weighted by molar-refractivity contribution is 6.33. The maximum atomic E-state index is 11.6. The van der Waals surface area contributed by atoms with E-state index in [0.29, 0.717) is 16.5 Å². The molecule has 2 N–H and O–H groups in total. The van der Waals surface area contributed by atoms with E-state index < -0.39 is 0 Å². The average molecular weight is 293 g/mol. The molecule has 104 valence electrons. The number of carbonyl (C=O) groups is 1. The summed E-state index contributed by atoms with van der Waals surface area (Å²) in [5.74, 6) is 0.533. The number of aromatic nitrogens is 2. The van der Waals surface area contributed by atoms with Crippen molar-refractivity contribution in [1.82, 2.24) is 15.1 Å². The summed E-state index contributed by atoms with van der Waals surface area (Å²) in [4.78, 5) is 13.1. The monoisotopic (exact) mass is 292 g/mol. The van der Waals surface area contributed by atoms with Crippen LogP contribution in [0.4, 0.5) is 5.69 Å². The van der Waals surface area contributed by atoms with Crippen molar-refractivity contribution in [2.75, 3.05) is 19.8 Å². The van der Waals surface area contributed by atoms with Gasteiger partial charge in [-0.25, -0.2) is 0 Å². The summed E-state index contributed by atoms with van der Waals surface area (Å²) in [6, 6.07) is 7.99. The van der Waals surface area contributed by atoms with Crippen LogP contribution in [0.25, 0.3) is 0 Å². The van der Waals surface area contributed by atoms with E-state index in [9.17, 15) is 4.79 Å². The fraction of sp³-hybridized carbons (Fsp3) is 0.154. The average Bonchev–Trinajstić information content (AvgIpc) is 2.43. The van der Waals surface area contributed by atoms with Gasteiger partial charge in [0.2, 0.25) is 5.88 Å². The lowest BCUT2D eigenvalue weighted by Gasteiger charge is -2.09. The first-order valence-electron chi connectivity index (χ1n) is 5.75. The lowest BCUT2D eigenvalue weighted by molar-refractivity contribution is 0.0820. The van der Waals surface area contributed by atoms with Crippen molar-refractivity contribution in [3.8, 4) is 11.6 Å². The summed E-state index contributed by atoms with van der Waals surface area (Å²) in [7, 11) is 3.29. The van der Waals surface area contributed by atoms with Crippen molar-refractivity contribution < 1.29 is 9.53 Å². The maximum absolute atomic E-state index is 11.6. The van der Waals surface area contributed by atoms with Crippen LogP contribution in [-0.2, 0) is 0 Å². The third-order valence-corrected chi connectivity index (χ3v) is 2.79. The van der Waals surface area contributed by atoms with Crippen LogP contribution in [-0.4, -0.2) is 35.1 Å². The third-order valence-electron chi connectivity index (χ3n) is 2.46. The van der Waals surface area contributed by atoms with E-state index in [1.54, 1.807) is 44.4 Å². The van der Waals surface area contributed by atoms with Crippen molar-refractivity contribution in [1.29, 1.82) is 0 Å². The van der Waals surface area contributed by atoms with Crippen LogP contribution in [0, 0.1) is 0 Å². The quantitative estimate of drug-likeness (QED) is 0.877. The lowest BCUT2D eigenvalue weighted by atomic mass is 10.3. The number of amides is 1. The summed E-state index contributed by atoms with van der Waals surface area (Å²) in [5, 5.41) is 8.05. The number of nitrogens with zero attached hydrogens (tertiary/aromatic N) is 3. The molecule has 2 aromatic rings. The van der Waals surface area contributed by atoms with Crippen molar-refractivity contribution in [3.63, 3.8) is 0 Å². The zero-order valence-corrected chi connectivity index (χ0v) is 11.8. The molecule has 0 atom stereocenters. The predicted octanol–water partition coefficient (Wildman–Crippen LogP) is 2.21. The standard InChI is InChI=1S/C13H13ClN4O2/c1-18(2)13(19)11-5-6-12(17-16-11)20-8-3-4-10(15)9(14)7-8/h3-7H,15H2,1-2H3. The Kier molecular flexibility index (Phi) is 4.05. The van der Waals surface area contributed by atoms with Crippen LogP contribution in [0.1, 0.15) is 10.5 Å². The minimum absolute atomic E-state index is 0.223. The van der Waals surface area contributed by atoms with Gasteiger partial charge in [0.05, 0.1) is 10.7 Å². The second-order valence-corrected chi connectivity index (χ2v) is 4.65. The molecule has 0 aliphatic carbocycles. The number of benzene rings is 1. The maximum Gasteiger partial charge on any atom is 0.273 e. The van der Waals surface area contributed by atoms with Crippen LogP contribution in [0.3, 0.4) is 0 Å². The van der Waals surface area contributed by atoms with Gasteiger partial charge in [-0.05, 0) is 18.2 Å². The first-order valence-corrected chi connectivity index (χ1v) is 6.13. The Morgan fingerprint density at radius 2 is 2.00 bits per heavy atom. The summed E-state index contributed by atoms with van der Waals surface area (Å²) in [5.41, 5.74) is 6.32. The van der Waals surface area contributed by atoms with E-state index in [-0.39, 0.29) is 17.5 Å². The Morgan fingerprint density at radius 3 is 2.55 bits per heavy atom. The van der Waals surface area contributed by atoms with Gasteiger partial charge < -0.3 is 15.4 Å². The van der Waals surface area contributed by atoms with Gasteiger partial charge in [0.25, 0.3) is 5.91 Å². The summed E-state index contributed by atoms with van der Waals surface area (Å²) >= 11 is 5.89. The molecular weight excluding hydrogens is 280 g/mol. The first-order chi connectivity index (χ1) is 9.47. The van der Waals surface area contributed by atoms with Crippen molar-refractivity contribution in [2.45, 2.75) is 0 Å². The molecule has 0 unspecified atom stereocenters. The summed E-state index contributed by atoms with van der Waals surface area (Å²) in [6.07, 6.45) is 0. The molecule has 0 aliphatic heterocycles. The van der Waals surface area contributed by atoms with Crippen LogP contribution in [0.5, 0.6) is 11.6 Å². The van der Waals surface area contributed by atoms with Gasteiger partial charge in [-0.15, -0.1) is 10.2 Å². The molecule has 6 nitrogen and oxygen atoms in total. The van der Waals surface area contributed by atoms with Gasteiger partial charge in [0.15, 0.2) is 5.69 Å². The van der Waals surface area contributed by atoms with Gasteiger partial charge in [-0.3, -0.25) is 4.79 Å². The molecule has 1 aromatic heterocycles. The number of rotatable bonds is 3. The van der Waals surface area contributed by atoms with E-state index in [0.717, 1.165) is 0 Å². The van der Waals surface area contributed by atoms with Crippen LogP contribution < -0.4 is 10.5 Å². The second-order valence-electron chi connectivity index (χ2n) is 4.24. The van der Waals surface area contributed by atoms with E-state index in [1.807, 2.05) is 0 Å². The molecular formula is C13H13ClN4O2. The van der Waals surface area contributed by atoms with E-state index >= 15 is 0 Å². The van der Waals surface area contributed by atoms with Crippen LogP contribution in [0.15, 0.2) is 30.3 Å². The van der Waals surface area contributed by atoms with E-state index in [1.165, 1.54) is 4.90 Å². The number of carbonyl (C=O) groups excluding carboxylic acids is 1. The zero-order chi connectivity index (χ0) is 14.7. The predicted molar refractivity (Wildman–Crippen MR) is 76.0 cm³/mol. The Balaban J connectivity index is 2.14. The van der Waals surface area contributed by atoms with Gasteiger partial charge >= 0.3 is 0 Å². The van der Waals surface area contributed by atoms with E-state index in [4.69, 9.17) is 22.1 Å². The molecule has 0 spiro atoms. The molecule has 2 rings (SSSR count). The van der Waals surface area contributed by atoms with Gasteiger partial charge in [-0.1, -0.05) is 11.6 Å². The first kappa shape index (κ1) is 14.1. The second kappa shape index (κ2) is 5.75. The number of ether oxygens (including phenoxy) is 1. The molecule has 0 saturated carbocycles. The highest BCUT2D eigenvalue weighted by atomic mass is 35.5. The van der Waals surface area contributed by atoms with Crippen molar-refractivity contribution in [2.24, 2.45) is 0 Å². The van der Waals surface area contributed by atoms with Crippen molar-refractivity contribution in [3.05, 3.63) is 41.0 Å². The summed E-state index contributed by atoms with van der Waals surface area (Å²) in [6.45, 7) is 0. The minimum Gasteiger partial charge on any atom is -0.437 e. The molecule has 1 aromatic carbocycles. The third kappa shape index (κ3) is 3.16. The van der Waals surface area contributed by atoms with Crippen molar-refractivity contribution >= 4 is 23.2 Å². The SMILES string of the molecule is CN(C)C(=O)c1ccc(Oc2ccc(N)c(Cl)c2)nn1. The molecule has 1 heterocycles. The normalized spacial score (nSPS) is 10.2. The Labute approximate surface area is 121 Å². The number of nitrogen functional groups attached to an aromatic ring is 1. The summed E-state index contributed by atoms with van der Waals surface area (Å²) < 4.78 is 5.47. The molecule has 0 radical (unpaired) electrons. The smallest absolute Gasteiger partial charge is 0.273 e. The highest BCUT2D eigenvalue weighted by Gasteiger charge is 2.10. The van der Waals surface area contributed by atoms with E-state index in [2.05, 4.69) is 10.2 Å². The Morgan fingerprint density at radius 1 is 1.25 bits per heavy atom. The molecule has 20 heavy (non-hydrogen) atoms. The van der Waals surface area contributed by atoms with Gasteiger partial charge in [0.1, 0.15) is 5.75 Å². The molecule has 0 fully saturated rings. The van der Waals surface area contributed by atoms with Crippen LogP contribution >= 0.6 is 11.6 Å². The Bertz CT molecular complexity index is 629. The largest absolute Gasteiger partial charge is 0.437 e. The number of hydrogen-bond donors (Lipinski definition) is 1. The fourth-order valence-corrected chi connectivity index (χ4v) is 1.58. The molecule has 0 bridgehead atoms.